The van der Waals surface area contributed by atoms with E-state index in [-0.39, 0.29) is 68.9 Å². The van der Waals surface area contributed by atoms with Crippen LogP contribution in [0.2, 0.25) is 0 Å². The molecule has 0 fully saturated rings. The minimum atomic E-state index is 0. The van der Waals surface area contributed by atoms with E-state index >= 15 is 0 Å². The van der Waals surface area contributed by atoms with Crippen molar-refractivity contribution in [2.75, 3.05) is 0 Å². The van der Waals surface area contributed by atoms with Crippen molar-refractivity contribution in [3.63, 3.8) is 0 Å². The van der Waals surface area contributed by atoms with Crippen molar-refractivity contribution in [3.05, 3.63) is 0 Å². The molecular weight excluding hydrogens is 228 g/mol. The van der Waals surface area contributed by atoms with Gasteiger partial charge in [0, 0.05) is 0 Å². The molecule has 0 rings (SSSR count). The Bertz CT molecular complexity index is 9.65. The van der Waals surface area contributed by atoms with Crippen LogP contribution in [0, 0.1) is 0 Å². The Kier molecular flexibility index (Phi) is 12400. The van der Waals surface area contributed by atoms with Crippen LogP contribution in [-0.4, -0.2) is 0 Å². The average Bonchev–Trinajstić information content (AvgIpc) is 0. The van der Waals surface area contributed by atoms with E-state index in [9.17, 15) is 0 Å². The van der Waals surface area contributed by atoms with Crippen LogP contribution in [0.15, 0.2) is 0 Å². The van der Waals surface area contributed by atoms with Crippen LogP contribution in [0.4, 0.5) is 0 Å². The Hall–Kier alpha value is 1.04. The quantitative estimate of drug-likeness (QED) is 0.314. The molecule has 0 heterocycles. The van der Waals surface area contributed by atoms with Crippen molar-refractivity contribution < 1.29 is 44.3 Å². The van der Waals surface area contributed by atoms with Crippen LogP contribution >= 0.6 is 0 Å². The van der Waals surface area contributed by atoms with E-state index < -0.39 is 0 Å². The van der Waals surface area contributed by atoms with Gasteiger partial charge in [0.15, 0.2) is 0 Å². The molecule has 0 aliphatic rings. The fourth-order valence-corrected chi connectivity index (χ4v) is 0. The second kappa shape index (κ2) is 236. The Labute approximate surface area is 69.1 Å². The molecule has 12 N–H and O–H groups in total. The zero-order valence-electron chi connectivity index (χ0n) is 3.94. The Morgan fingerprint density at radius 2 is 0.429 bits per heavy atom. The summed E-state index contributed by atoms with van der Waals surface area (Å²) >= 11 is 0. The zero-order valence-corrected chi connectivity index (χ0v) is 7.19. The van der Waals surface area contributed by atoms with Gasteiger partial charge in [-0.1, -0.05) is 0 Å². The molecule has 0 radical (unpaired) electrons. The molecule has 4 nitrogen and oxygen atoms in total. The van der Waals surface area contributed by atoms with Crippen molar-refractivity contribution >= 4 is 0 Å². The minimum absolute atomic E-state index is 0. The molecule has 0 aromatic rings. The van der Waals surface area contributed by atoms with Crippen LogP contribution < -0.4 is 49.4 Å². The number of rotatable bonds is 0. The third kappa shape index (κ3) is 165. The Balaban J connectivity index is 0. The van der Waals surface area contributed by atoms with Gasteiger partial charge < -0.3 is 49.4 Å². The van der Waals surface area contributed by atoms with Crippen LogP contribution in [0.3, 0.4) is 0 Å². The first-order valence-corrected chi connectivity index (χ1v) is 0. The van der Waals surface area contributed by atoms with E-state index in [1.165, 1.54) is 0 Å². The molecule has 0 aromatic carbocycles. The molecule has 7 heteroatoms. The summed E-state index contributed by atoms with van der Waals surface area (Å²) in [6.07, 6.45) is 0. The molecule has 7 heavy (non-hydrogen) atoms. The van der Waals surface area contributed by atoms with Crippen LogP contribution in [0.5, 0.6) is 0 Å². The van der Waals surface area contributed by atoms with Gasteiger partial charge in [-0.2, -0.15) is 0 Å². The van der Waals surface area contributed by atoms with Gasteiger partial charge in [0.05, 0.1) is 0 Å². The molecule has 0 saturated carbocycles. The first-order valence-electron chi connectivity index (χ1n) is 0. The van der Waals surface area contributed by atoms with E-state index in [0.717, 1.165) is 0 Å². The molecule has 0 aliphatic carbocycles. The number of hydrogen-bond donors (Lipinski definition) is 4. The fraction of sp³-hybridized carbons (Fsp3) is 0. The molecule has 0 spiro atoms. The second-order valence-electron chi connectivity index (χ2n) is 0. The summed E-state index contributed by atoms with van der Waals surface area (Å²) in [7, 11) is 0. The van der Waals surface area contributed by atoms with E-state index in [4.69, 9.17) is 0 Å². The third-order valence-electron chi connectivity index (χ3n) is 0. The first kappa shape index (κ1) is 367. The summed E-state index contributed by atoms with van der Waals surface area (Å²) in [5.74, 6) is 0. The van der Waals surface area contributed by atoms with E-state index in [1.807, 2.05) is 0 Å². The maximum atomic E-state index is 0. The Morgan fingerprint density at radius 3 is 0.429 bits per heavy atom. The Morgan fingerprint density at radius 1 is 0.429 bits per heavy atom. The van der Waals surface area contributed by atoms with Crippen molar-refractivity contribution in [2.45, 2.75) is 0 Å². The van der Waals surface area contributed by atoms with Gasteiger partial charge >= 0.3 is 19.5 Å². The molecule has 0 atom stereocenters. The largest absolute Gasteiger partial charge is 2.00 e. The molecule has 0 bridgehead atoms. The molecule has 54 valence electrons. The molecule has 0 unspecified atom stereocenters. The second-order valence-corrected chi connectivity index (χ2v) is 0. The molecule has 0 amide bonds. The van der Waals surface area contributed by atoms with E-state index in [0.29, 0.717) is 0 Å². The molecular formula is H12Cl2N4Ru. The zero-order chi connectivity index (χ0) is 0. The van der Waals surface area contributed by atoms with Crippen LogP contribution in [0.25, 0.3) is 0 Å². The summed E-state index contributed by atoms with van der Waals surface area (Å²) in [5.41, 5.74) is 0. The predicted octanol–water partition coefficient (Wildman–Crippen LogP) is -5.35. The summed E-state index contributed by atoms with van der Waals surface area (Å²) in [6.45, 7) is 0. The number of hydrogen-bond acceptors (Lipinski definition) is 4. The normalized spacial score (nSPS) is 0. The smallest absolute Gasteiger partial charge is 1.00 e. The van der Waals surface area contributed by atoms with Gasteiger partial charge in [-0.3, -0.25) is 0 Å². The van der Waals surface area contributed by atoms with Crippen LogP contribution in [-0.2, 0) is 19.5 Å². The van der Waals surface area contributed by atoms with E-state index in [2.05, 4.69) is 0 Å². The monoisotopic (exact) mass is 240 g/mol. The van der Waals surface area contributed by atoms with Gasteiger partial charge in [0.25, 0.3) is 0 Å². The molecule has 0 saturated heterocycles. The summed E-state index contributed by atoms with van der Waals surface area (Å²) < 4.78 is 0. The fourth-order valence-electron chi connectivity index (χ4n) is 0. The summed E-state index contributed by atoms with van der Waals surface area (Å²) in [4.78, 5) is 0. The standard InChI is InChI=1S/2ClH.4H3N.Ru/h2*1H;4*1H3;/q;;;;;;+2/p-2. The third-order valence-corrected chi connectivity index (χ3v) is 0. The van der Waals surface area contributed by atoms with Gasteiger partial charge in [-0.05, 0) is 0 Å². The van der Waals surface area contributed by atoms with Gasteiger partial charge in [-0.25, -0.2) is 0 Å². The van der Waals surface area contributed by atoms with Crippen molar-refractivity contribution in [2.24, 2.45) is 0 Å². The van der Waals surface area contributed by atoms with E-state index in [1.54, 1.807) is 0 Å². The summed E-state index contributed by atoms with van der Waals surface area (Å²) in [6, 6.07) is 0. The minimum Gasteiger partial charge on any atom is -1.00 e. The van der Waals surface area contributed by atoms with Gasteiger partial charge in [-0.15, -0.1) is 0 Å². The maximum absolute atomic E-state index is 0. The summed E-state index contributed by atoms with van der Waals surface area (Å²) in [5, 5.41) is 0. The number of halogens is 2. The van der Waals surface area contributed by atoms with Gasteiger partial charge in [0.1, 0.15) is 0 Å². The molecule has 0 aromatic heterocycles. The maximum Gasteiger partial charge on any atom is 2.00 e. The predicted molar refractivity (Wildman–Crippen MR) is 20.1 cm³/mol. The SMILES string of the molecule is N.N.N.N.[Cl-].[Cl-].[Ru+2]. The topological polar surface area (TPSA) is 140 Å². The van der Waals surface area contributed by atoms with Gasteiger partial charge in [0.2, 0.25) is 0 Å². The first-order chi connectivity index (χ1) is 0. The van der Waals surface area contributed by atoms with Crippen LogP contribution in [0.1, 0.15) is 0 Å². The molecule has 0 aliphatic heterocycles. The van der Waals surface area contributed by atoms with Crippen molar-refractivity contribution in [1.82, 2.24) is 24.6 Å². The van der Waals surface area contributed by atoms with Crippen molar-refractivity contribution in [3.8, 4) is 0 Å². The van der Waals surface area contributed by atoms with Crippen molar-refractivity contribution in [1.29, 1.82) is 0 Å². The average molecular weight is 240 g/mol.